The van der Waals surface area contributed by atoms with Crippen molar-refractivity contribution >= 4 is 27.3 Å². The molecule has 2 aromatic rings. The fourth-order valence-electron chi connectivity index (χ4n) is 2.62. The lowest BCUT2D eigenvalue weighted by Gasteiger charge is -2.27. The number of sulfonamides is 1. The molecule has 1 fully saturated rings. The minimum atomic E-state index is -3.75. The topological polar surface area (TPSA) is 140 Å². The molecule has 1 aliphatic heterocycles. The highest BCUT2D eigenvalue weighted by atomic mass is 32.2. The molecular weight excluding hydrogens is 388 g/mol. The Morgan fingerprint density at radius 2 is 1.86 bits per heavy atom. The molecule has 150 valence electrons. The molecule has 12 heteroatoms. The van der Waals surface area contributed by atoms with Gasteiger partial charge in [-0.2, -0.15) is 0 Å². The highest BCUT2D eigenvalue weighted by molar-refractivity contribution is 7.89. The molecule has 0 atom stereocenters. The summed E-state index contributed by atoms with van der Waals surface area (Å²) in [5, 5.41) is 13.7. The first kappa shape index (κ1) is 19.9. The van der Waals surface area contributed by atoms with Gasteiger partial charge in [0.25, 0.3) is 5.69 Å². The first-order valence-electron chi connectivity index (χ1n) is 8.58. The molecule has 1 aliphatic rings. The van der Waals surface area contributed by atoms with Crippen LogP contribution >= 0.6 is 0 Å². The number of benzene rings is 1. The Morgan fingerprint density at radius 1 is 1.14 bits per heavy atom. The van der Waals surface area contributed by atoms with Gasteiger partial charge in [-0.15, -0.1) is 0 Å². The average molecular weight is 408 g/mol. The van der Waals surface area contributed by atoms with Crippen molar-refractivity contribution < 1.29 is 18.1 Å². The molecule has 0 saturated carbocycles. The highest BCUT2D eigenvalue weighted by Crippen LogP contribution is 2.16. The smallest absolute Gasteiger partial charge is 0.269 e. The predicted octanol–water partition coefficient (Wildman–Crippen LogP) is 0.612. The molecule has 0 unspecified atom stereocenters. The number of hydrogen-bond donors (Lipinski definition) is 2. The molecule has 0 amide bonds. The maximum Gasteiger partial charge on any atom is 0.269 e. The van der Waals surface area contributed by atoms with E-state index in [1.54, 1.807) is 6.07 Å². The number of ether oxygens (including phenoxy) is 1. The molecule has 2 N–H and O–H groups in total. The summed E-state index contributed by atoms with van der Waals surface area (Å²) in [4.78, 5) is 20.5. The van der Waals surface area contributed by atoms with Gasteiger partial charge in [-0.25, -0.2) is 23.1 Å². The summed E-state index contributed by atoms with van der Waals surface area (Å²) in [6, 6.07) is 6.51. The van der Waals surface area contributed by atoms with Gasteiger partial charge in [0.15, 0.2) is 0 Å². The molecular formula is C16H20N6O5S. The van der Waals surface area contributed by atoms with Crippen LogP contribution in [0, 0.1) is 10.1 Å². The molecule has 28 heavy (non-hydrogen) atoms. The van der Waals surface area contributed by atoms with Crippen LogP contribution in [0.4, 0.5) is 17.3 Å². The first-order chi connectivity index (χ1) is 13.5. The number of nitrogens with zero attached hydrogens (tertiary/aromatic N) is 4. The molecule has 3 rings (SSSR count). The van der Waals surface area contributed by atoms with Crippen molar-refractivity contribution in [1.29, 1.82) is 0 Å². The molecule has 1 aromatic carbocycles. The van der Waals surface area contributed by atoms with Crippen LogP contribution in [-0.2, 0) is 14.8 Å². The Kier molecular flexibility index (Phi) is 6.34. The SMILES string of the molecule is O=[N+]([O-])c1ccc(S(=O)(=O)NCCNc2cc(N3CCOCC3)ncn2)cc1. The van der Waals surface area contributed by atoms with E-state index in [0.29, 0.717) is 25.6 Å². The lowest BCUT2D eigenvalue weighted by molar-refractivity contribution is -0.384. The second-order valence-corrected chi connectivity index (χ2v) is 7.70. The molecule has 11 nitrogen and oxygen atoms in total. The average Bonchev–Trinajstić information content (AvgIpc) is 2.72. The van der Waals surface area contributed by atoms with Gasteiger partial charge >= 0.3 is 0 Å². The normalized spacial score (nSPS) is 14.6. The number of morpholine rings is 1. The number of non-ortho nitro benzene ring substituents is 1. The Labute approximate surface area is 161 Å². The summed E-state index contributed by atoms with van der Waals surface area (Å²) >= 11 is 0. The van der Waals surface area contributed by atoms with Crippen LogP contribution in [0.15, 0.2) is 41.6 Å². The van der Waals surface area contributed by atoms with Gasteiger partial charge in [0, 0.05) is 44.4 Å². The van der Waals surface area contributed by atoms with Gasteiger partial charge in [0.1, 0.15) is 18.0 Å². The minimum absolute atomic E-state index is 0.0326. The van der Waals surface area contributed by atoms with Crippen molar-refractivity contribution in [2.75, 3.05) is 49.6 Å². The zero-order chi connectivity index (χ0) is 20.0. The number of hydrogen-bond acceptors (Lipinski definition) is 9. The van der Waals surface area contributed by atoms with Crippen molar-refractivity contribution in [2.45, 2.75) is 4.90 Å². The van der Waals surface area contributed by atoms with Gasteiger partial charge in [-0.05, 0) is 12.1 Å². The van der Waals surface area contributed by atoms with Crippen LogP contribution in [0.2, 0.25) is 0 Å². The van der Waals surface area contributed by atoms with Crippen LogP contribution < -0.4 is 14.9 Å². The van der Waals surface area contributed by atoms with Crippen molar-refractivity contribution in [3.8, 4) is 0 Å². The fourth-order valence-corrected chi connectivity index (χ4v) is 3.65. The number of nitro groups is 1. The second kappa shape index (κ2) is 8.91. The first-order valence-corrected chi connectivity index (χ1v) is 10.1. The highest BCUT2D eigenvalue weighted by Gasteiger charge is 2.16. The van der Waals surface area contributed by atoms with E-state index in [0.717, 1.165) is 31.0 Å². The third-order valence-corrected chi connectivity index (χ3v) is 5.55. The lowest BCUT2D eigenvalue weighted by Crippen LogP contribution is -2.36. The summed E-state index contributed by atoms with van der Waals surface area (Å²) < 4.78 is 32.2. The third kappa shape index (κ3) is 5.12. The summed E-state index contributed by atoms with van der Waals surface area (Å²) in [5.74, 6) is 1.37. The van der Waals surface area contributed by atoms with E-state index < -0.39 is 14.9 Å². The van der Waals surface area contributed by atoms with Crippen LogP contribution in [0.25, 0.3) is 0 Å². The standard InChI is InChI=1S/C16H20N6O5S/c23-22(24)13-1-3-14(4-2-13)28(25,26)20-6-5-17-15-11-16(19-12-18-15)21-7-9-27-10-8-21/h1-4,11-12,20H,5-10H2,(H,17,18,19). The van der Waals surface area contributed by atoms with E-state index in [4.69, 9.17) is 4.74 Å². The van der Waals surface area contributed by atoms with Gasteiger partial charge < -0.3 is 15.0 Å². The van der Waals surface area contributed by atoms with Crippen molar-refractivity contribution in [3.05, 3.63) is 46.8 Å². The van der Waals surface area contributed by atoms with E-state index in [2.05, 4.69) is 24.9 Å². The summed E-state index contributed by atoms with van der Waals surface area (Å²) in [6.07, 6.45) is 1.45. The molecule has 2 heterocycles. The van der Waals surface area contributed by atoms with E-state index in [1.807, 2.05) is 0 Å². The molecule has 1 aromatic heterocycles. The Morgan fingerprint density at radius 3 is 2.54 bits per heavy atom. The zero-order valence-corrected chi connectivity index (χ0v) is 15.8. The lowest BCUT2D eigenvalue weighted by atomic mass is 10.3. The van der Waals surface area contributed by atoms with Gasteiger partial charge in [0.05, 0.1) is 23.0 Å². The van der Waals surface area contributed by atoms with Gasteiger partial charge in [-0.3, -0.25) is 10.1 Å². The Balaban J connectivity index is 1.51. The summed E-state index contributed by atoms with van der Waals surface area (Å²) in [5.41, 5.74) is -0.166. The van der Waals surface area contributed by atoms with Crippen molar-refractivity contribution in [1.82, 2.24) is 14.7 Å². The van der Waals surface area contributed by atoms with Gasteiger partial charge in [0.2, 0.25) is 10.0 Å². The van der Waals surface area contributed by atoms with E-state index >= 15 is 0 Å². The number of rotatable bonds is 8. The molecule has 0 bridgehead atoms. The largest absolute Gasteiger partial charge is 0.378 e. The molecule has 1 saturated heterocycles. The number of anilines is 2. The minimum Gasteiger partial charge on any atom is -0.378 e. The number of nitro benzene ring substituents is 1. The van der Waals surface area contributed by atoms with E-state index in [9.17, 15) is 18.5 Å². The quantitative estimate of drug-likeness (QED) is 0.365. The van der Waals surface area contributed by atoms with Crippen LogP contribution in [0.5, 0.6) is 0 Å². The summed E-state index contributed by atoms with van der Waals surface area (Å²) in [7, 11) is -3.75. The zero-order valence-electron chi connectivity index (χ0n) is 14.9. The summed E-state index contributed by atoms with van der Waals surface area (Å²) in [6.45, 7) is 3.24. The predicted molar refractivity (Wildman–Crippen MR) is 102 cm³/mol. The van der Waals surface area contributed by atoms with E-state index in [-0.39, 0.29) is 17.1 Å². The maximum absolute atomic E-state index is 12.2. The Hall–Kier alpha value is -2.83. The monoisotopic (exact) mass is 408 g/mol. The van der Waals surface area contributed by atoms with E-state index in [1.165, 1.54) is 18.5 Å². The number of aromatic nitrogens is 2. The maximum atomic E-state index is 12.2. The molecule has 0 radical (unpaired) electrons. The van der Waals surface area contributed by atoms with Crippen LogP contribution in [0.3, 0.4) is 0 Å². The Bertz CT molecular complexity index is 915. The third-order valence-electron chi connectivity index (χ3n) is 4.07. The molecule has 0 spiro atoms. The molecule has 0 aliphatic carbocycles. The number of nitrogens with one attached hydrogen (secondary N) is 2. The second-order valence-electron chi connectivity index (χ2n) is 5.94. The van der Waals surface area contributed by atoms with Crippen molar-refractivity contribution in [3.63, 3.8) is 0 Å². The van der Waals surface area contributed by atoms with Crippen LogP contribution in [0.1, 0.15) is 0 Å². The van der Waals surface area contributed by atoms with Crippen molar-refractivity contribution in [2.24, 2.45) is 0 Å². The fraction of sp³-hybridized carbons (Fsp3) is 0.375. The van der Waals surface area contributed by atoms with Crippen LogP contribution in [-0.4, -0.2) is 62.7 Å². The van der Waals surface area contributed by atoms with Gasteiger partial charge in [-0.1, -0.05) is 0 Å².